The summed E-state index contributed by atoms with van der Waals surface area (Å²) in [6.45, 7) is 9.36. The van der Waals surface area contributed by atoms with Crippen molar-refractivity contribution in [2.24, 2.45) is 0 Å². The summed E-state index contributed by atoms with van der Waals surface area (Å²) >= 11 is 2.49. The molecule has 2 saturated heterocycles. The van der Waals surface area contributed by atoms with Crippen LogP contribution in [0.2, 0.25) is 0 Å². The molecule has 3 aliphatic heterocycles. The Kier molecular flexibility index (Phi) is 8.91. The Morgan fingerprint density at radius 3 is 2.66 bits per heavy atom. The van der Waals surface area contributed by atoms with Crippen LogP contribution in [0.15, 0.2) is 48.8 Å². The van der Waals surface area contributed by atoms with E-state index in [-0.39, 0.29) is 13.0 Å². The molecule has 9 nitrogen and oxygen atoms in total. The molecule has 44 heavy (non-hydrogen) atoms. The first kappa shape index (κ1) is 30.5. The molecule has 0 N–H and O–H groups in total. The van der Waals surface area contributed by atoms with E-state index in [1.807, 2.05) is 0 Å². The fourth-order valence-electron chi connectivity index (χ4n) is 6.82. The van der Waals surface area contributed by atoms with Crippen molar-refractivity contribution >= 4 is 50.8 Å². The maximum atomic E-state index is 13.8. The summed E-state index contributed by atoms with van der Waals surface area (Å²) in [5, 5.41) is 12.0. The average molecular weight is 710 g/mol. The number of ether oxygens (including phenoxy) is 1. The number of rotatable bonds is 7. The van der Waals surface area contributed by atoms with E-state index in [1.165, 1.54) is 26.9 Å². The maximum Gasteiger partial charge on any atom is 0.318 e. The van der Waals surface area contributed by atoms with Crippen LogP contribution in [0.3, 0.4) is 0 Å². The fraction of sp³-hybridized carbons (Fsp3) is 0.455. The second kappa shape index (κ2) is 12.9. The molecule has 2 aromatic carbocycles. The number of likely N-dealkylation sites (N-methyl/N-ethyl adjacent to an activating group) is 1. The standard InChI is InChI=1S/C33H37FIN7O2/c1-21-6-4-7-23-8-5-9-29(30(21)23)40-13-11-27-28(19-40)37-33(44-20-26-16-24(35)17-39(26)3)38-31(27)41-14-15-42(32(43)22(2)34)25(18-41)10-12-36/h4-9,24-26H,2,10-11,13-20H2,1,3H3/t24-,25?,26-/m0/s1. The Balaban J connectivity index is 1.34. The second-order valence-corrected chi connectivity index (χ2v) is 13.7. The molecule has 0 radical (unpaired) electrons. The van der Waals surface area contributed by atoms with E-state index in [2.05, 4.69) is 100 Å². The summed E-state index contributed by atoms with van der Waals surface area (Å²) in [5.41, 5.74) is 4.39. The smallest absolute Gasteiger partial charge is 0.318 e. The van der Waals surface area contributed by atoms with Crippen LogP contribution in [0, 0.1) is 18.3 Å². The van der Waals surface area contributed by atoms with Gasteiger partial charge in [0, 0.05) is 59.3 Å². The first-order valence-electron chi connectivity index (χ1n) is 15.1. The number of hydrogen-bond acceptors (Lipinski definition) is 8. The lowest BCUT2D eigenvalue weighted by Gasteiger charge is -2.42. The van der Waals surface area contributed by atoms with Gasteiger partial charge in [0.05, 0.1) is 30.8 Å². The van der Waals surface area contributed by atoms with Gasteiger partial charge in [0.2, 0.25) is 0 Å². The third kappa shape index (κ3) is 6.06. The molecule has 230 valence electrons. The average Bonchev–Trinajstić information content (AvgIpc) is 3.35. The van der Waals surface area contributed by atoms with Gasteiger partial charge in [-0.25, -0.2) is 4.39 Å². The van der Waals surface area contributed by atoms with Crippen LogP contribution in [0.5, 0.6) is 6.01 Å². The molecule has 3 aliphatic rings. The minimum atomic E-state index is -1.01. The van der Waals surface area contributed by atoms with Crippen molar-refractivity contribution in [1.82, 2.24) is 19.8 Å². The summed E-state index contributed by atoms with van der Waals surface area (Å²) < 4.78 is 20.7. The van der Waals surface area contributed by atoms with Gasteiger partial charge in [0.1, 0.15) is 12.4 Å². The van der Waals surface area contributed by atoms with E-state index in [1.54, 1.807) is 0 Å². The molecule has 1 amide bonds. The number of aromatic nitrogens is 2. The first-order chi connectivity index (χ1) is 21.2. The monoisotopic (exact) mass is 709 g/mol. The summed E-state index contributed by atoms with van der Waals surface area (Å²) in [6, 6.07) is 15.1. The molecule has 3 aromatic rings. The third-order valence-electron chi connectivity index (χ3n) is 9.10. The van der Waals surface area contributed by atoms with Crippen LogP contribution < -0.4 is 14.5 Å². The molecular weight excluding hydrogens is 672 g/mol. The number of piperazine rings is 1. The molecule has 11 heteroatoms. The molecule has 0 spiro atoms. The van der Waals surface area contributed by atoms with Crippen LogP contribution in [0.4, 0.5) is 15.9 Å². The predicted octanol–water partition coefficient (Wildman–Crippen LogP) is 4.80. The molecule has 1 aromatic heterocycles. The quantitative estimate of drug-likeness (QED) is 0.197. The molecule has 2 fully saturated rings. The number of nitrogens with zero attached hydrogens (tertiary/aromatic N) is 7. The lowest BCUT2D eigenvalue weighted by Crippen LogP contribution is -2.55. The second-order valence-electron chi connectivity index (χ2n) is 12.0. The topological polar surface area (TPSA) is 88.8 Å². The van der Waals surface area contributed by atoms with E-state index < -0.39 is 17.8 Å². The lowest BCUT2D eigenvalue weighted by molar-refractivity contribution is -0.131. The normalized spacial score (nSPS) is 22.2. The van der Waals surface area contributed by atoms with Gasteiger partial charge in [0.15, 0.2) is 5.83 Å². The van der Waals surface area contributed by atoms with E-state index in [9.17, 15) is 14.4 Å². The van der Waals surface area contributed by atoms with Crippen molar-refractivity contribution in [3.05, 3.63) is 65.6 Å². The predicted molar refractivity (Wildman–Crippen MR) is 178 cm³/mol. The molecule has 0 aliphatic carbocycles. The highest BCUT2D eigenvalue weighted by Gasteiger charge is 2.35. The number of fused-ring (bicyclic) bond motifs is 2. The van der Waals surface area contributed by atoms with Crippen LogP contribution in [-0.4, -0.2) is 88.1 Å². The Bertz CT molecular complexity index is 1620. The summed E-state index contributed by atoms with van der Waals surface area (Å²) in [6.07, 6.45) is 1.87. The van der Waals surface area contributed by atoms with Crippen LogP contribution in [0.25, 0.3) is 10.8 Å². The lowest BCUT2D eigenvalue weighted by atomic mass is 9.99. The van der Waals surface area contributed by atoms with Crippen molar-refractivity contribution in [1.29, 1.82) is 5.26 Å². The number of halogens is 2. The van der Waals surface area contributed by atoms with Crippen molar-refractivity contribution < 1.29 is 13.9 Å². The Labute approximate surface area is 271 Å². The van der Waals surface area contributed by atoms with Gasteiger partial charge >= 0.3 is 6.01 Å². The summed E-state index contributed by atoms with van der Waals surface area (Å²) in [4.78, 5) is 30.7. The number of nitriles is 1. The Morgan fingerprint density at radius 2 is 1.93 bits per heavy atom. The third-order valence-corrected chi connectivity index (χ3v) is 10.0. The number of aryl methyl sites for hydroxylation is 1. The maximum absolute atomic E-state index is 13.8. The van der Waals surface area contributed by atoms with Crippen LogP contribution >= 0.6 is 22.6 Å². The van der Waals surface area contributed by atoms with Gasteiger partial charge in [0.25, 0.3) is 5.91 Å². The van der Waals surface area contributed by atoms with Gasteiger partial charge in [-0.3, -0.25) is 9.69 Å². The van der Waals surface area contributed by atoms with Crippen molar-refractivity contribution in [2.75, 3.05) is 56.2 Å². The molecule has 4 heterocycles. The van der Waals surface area contributed by atoms with Gasteiger partial charge in [-0.2, -0.15) is 15.2 Å². The number of alkyl halides is 1. The Morgan fingerprint density at radius 1 is 1.14 bits per heavy atom. The summed E-state index contributed by atoms with van der Waals surface area (Å²) in [5.74, 6) is -0.987. The zero-order chi connectivity index (χ0) is 31.0. The highest BCUT2D eigenvalue weighted by Crippen LogP contribution is 2.36. The van der Waals surface area contributed by atoms with Crippen LogP contribution in [0.1, 0.15) is 29.7 Å². The first-order valence-corrected chi connectivity index (χ1v) is 16.4. The minimum Gasteiger partial charge on any atom is -0.462 e. The summed E-state index contributed by atoms with van der Waals surface area (Å²) in [7, 11) is 2.12. The minimum absolute atomic E-state index is 0.0891. The van der Waals surface area contributed by atoms with E-state index in [4.69, 9.17) is 14.7 Å². The Hall–Kier alpha value is -3.50. The molecule has 1 unspecified atom stereocenters. The molecule has 6 rings (SSSR count). The zero-order valence-corrected chi connectivity index (χ0v) is 27.3. The molecule has 0 saturated carbocycles. The number of benzene rings is 2. The van der Waals surface area contributed by atoms with Crippen molar-refractivity contribution in [2.45, 2.75) is 48.7 Å². The molecule has 0 bridgehead atoms. The number of anilines is 2. The number of amides is 1. The van der Waals surface area contributed by atoms with E-state index >= 15 is 0 Å². The fourth-order valence-corrected chi connectivity index (χ4v) is 8.03. The van der Waals surface area contributed by atoms with Gasteiger partial charge in [-0.15, -0.1) is 0 Å². The van der Waals surface area contributed by atoms with Gasteiger partial charge in [-0.1, -0.05) is 59.5 Å². The zero-order valence-electron chi connectivity index (χ0n) is 25.2. The largest absolute Gasteiger partial charge is 0.462 e. The van der Waals surface area contributed by atoms with E-state index in [0.717, 1.165) is 43.0 Å². The molecule has 3 atom stereocenters. The van der Waals surface area contributed by atoms with Crippen LogP contribution in [-0.2, 0) is 17.8 Å². The number of likely N-dealkylation sites (tertiary alicyclic amines) is 1. The van der Waals surface area contributed by atoms with Crippen molar-refractivity contribution in [3.8, 4) is 12.1 Å². The number of carbonyl (C=O) groups excluding carboxylic acids is 1. The van der Waals surface area contributed by atoms with E-state index in [0.29, 0.717) is 42.2 Å². The number of carbonyl (C=O) groups is 1. The number of hydrogen-bond donors (Lipinski definition) is 0. The highest BCUT2D eigenvalue weighted by atomic mass is 127. The van der Waals surface area contributed by atoms with Gasteiger partial charge < -0.3 is 19.4 Å². The SMILES string of the molecule is C=C(F)C(=O)N1CCN(c2nc(OC[C@@H]3C[C@H](I)CN3C)nc3c2CCN(c2cccc4cccc(C)c24)C3)CC1CC#N. The molecular formula is C33H37FIN7O2. The highest BCUT2D eigenvalue weighted by molar-refractivity contribution is 14.1. The van der Waals surface area contributed by atoms with Gasteiger partial charge in [-0.05, 0) is 43.8 Å². The van der Waals surface area contributed by atoms with Crippen molar-refractivity contribution in [3.63, 3.8) is 0 Å².